The Kier molecular flexibility index (Phi) is 4.46. The summed E-state index contributed by atoms with van der Waals surface area (Å²) in [6.45, 7) is 0.300. The Hall–Kier alpha value is -0.980. The number of carbonyl (C=O) groups excluding carboxylic acids is 1. The summed E-state index contributed by atoms with van der Waals surface area (Å²) < 4.78 is 27.3. The number of hydrogen-bond acceptors (Lipinski definition) is 4. The van der Waals surface area contributed by atoms with Crippen LogP contribution in [0.2, 0.25) is 5.02 Å². The minimum Gasteiger partial charge on any atom is -0.497 e. The van der Waals surface area contributed by atoms with Gasteiger partial charge in [0.15, 0.2) is 0 Å². The zero-order chi connectivity index (χ0) is 14.9. The molecule has 8 heteroatoms. The molecule has 0 bridgehead atoms. The zero-order valence-electron chi connectivity index (χ0n) is 10.7. The zero-order valence-corrected chi connectivity index (χ0v) is 13.0. The van der Waals surface area contributed by atoms with E-state index in [9.17, 15) is 13.2 Å². The first kappa shape index (κ1) is 15.4. The van der Waals surface area contributed by atoms with Crippen LogP contribution in [-0.2, 0) is 13.8 Å². The normalized spacial score (nSPS) is 19.4. The predicted molar refractivity (Wildman–Crippen MR) is 78.1 cm³/mol. The van der Waals surface area contributed by atoms with E-state index in [2.05, 4.69) is 0 Å². The second kappa shape index (κ2) is 5.79. The Morgan fingerprint density at radius 3 is 2.70 bits per heavy atom. The van der Waals surface area contributed by atoms with Crippen LogP contribution in [0.5, 0.6) is 5.75 Å². The lowest BCUT2D eigenvalue weighted by Gasteiger charge is -2.17. The van der Waals surface area contributed by atoms with Crippen molar-refractivity contribution < 1.29 is 17.9 Å². The number of amides is 1. The van der Waals surface area contributed by atoms with Crippen molar-refractivity contribution in [3.63, 3.8) is 0 Å². The number of benzene rings is 1. The van der Waals surface area contributed by atoms with Gasteiger partial charge in [-0.05, 0) is 12.1 Å². The van der Waals surface area contributed by atoms with Crippen LogP contribution in [0, 0.1) is 5.92 Å². The Morgan fingerprint density at radius 2 is 2.10 bits per heavy atom. The van der Waals surface area contributed by atoms with Gasteiger partial charge in [0.2, 0.25) is 15.0 Å². The quantitative estimate of drug-likeness (QED) is 0.790. The maximum atomic E-state index is 12.0. The Bertz CT molecular complexity index is 632. The first-order chi connectivity index (χ1) is 9.28. The highest BCUT2D eigenvalue weighted by atomic mass is 35.7. The molecule has 1 aliphatic rings. The molecule has 1 atom stereocenters. The van der Waals surface area contributed by atoms with Gasteiger partial charge in [0, 0.05) is 46.3 Å². The lowest BCUT2D eigenvalue weighted by atomic mass is 10.1. The van der Waals surface area contributed by atoms with Crippen molar-refractivity contribution in [3.8, 4) is 5.75 Å². The molecule has 0 saturated carbocycles. The highest BCUT2D eigenvalue weighted by Crippen LogP contribution is 2.31. The Labute approximate surface area is 126 Å². The van der Waals surface area contributed by atoms with Crippen LogP contribution in [0.15, 0.2) is 18.2 Å². The van der Waals surface area contributed by atoms with E-state index in [0.717, 1.165) is 0 Å². The van der Waals surface area contributed by atoms with E-state index in [1.807, 2.05) is 0 Å². The number of methoxy groups -OCH3 is 1. The van der Waals surface area contributed by atoms with Crippen molar-refractivity contribution in [2.45, 2.75) is 6.42 Å². The minimum atomic E-state index is -3.61. The molecule has 1 aromatic carbocycles. The molecule has 110 valence electrons. The topological polar surface area (TPSA) is 63.7 Å². The molecular weight excluding hydrogens is 325 g/mol. The monoisotopic (exact) mass is 337 g/mol. The largest absolute Gasteiger partial charge is 0.497 e. The third-order valence-electron chi connectivity index (χ3n) is 3.04. The molecule has 0 spiro atoms. The fourth-order valence-electron chi connectivity index (χ4n) is 2.25. The van der Waals surface area contributed by atoms with E-state index in [-0.39, 0.29) is 24.0 Å². The molecule has 1 saturated heterocycles. The van der Waals surface area contributed by atoms with Crippen LogP contribution in [0.25, 0.3) is 0 Å². The van der Waals surface area contributed by atoms with Crippen molar-refractivity contribution >= 4 is 42.9 Å². The number of nitrogens with zero attached hydrogens (tertiary/aromatic N) is 1. The number of anilines is 1. The van der Waals surface area contributed by atoms with Crippen LogP contribution < -0.4 is 9.64 Å². The van der Waals surface area contributed by atoms with E-state index >= 15 is 0 Å². The summed E-state index contributed by atoms with van der Waals surface area (Å²) in [6, 6.07) is 4.95. The third kappa shape index (κ3) is 3.77. The van der Waals surface area contributed by atoms with E-state index in [1.54, 1.807) is 18.2 Å². The van der Waals surface area contributed by atoms with Gasteiger partial charge >= 0.3 is 0 Å². The van der Waals surface area contributed by atoms with Gasteiger partial charge in [0.05, 0.1) is 12.9 Å². The average Bonchev–Trinajstić information content (AvgIpc) is 2.66. The fraction of sp³-hybridized carbons (Fsp3) is 0.417. The Balaban J connectivity index is 2.21. The summed E-state index contributed by atoms with van der Waals surface area (Å²) in [6.07, 6.45) is 0.154. The number of hydrogen-bond donors (Lipinski definition) is 0. The van der Waals surface area contributed by atoms with E-state index in [1.165, 1.54) is 12.0 Å². The summed E-state index contributed by atoms with van der Waals surface area (Å²) in [7, 11) is 3.12. The maximum Gasteiger partial charge on any atom is 0.232 e. The number of rotatable bonds is 4. The molecule has 1 heterocycles. The van der Waals surface area contributed by atoms with E-state index < -0.39 is 9.05 Å². The molecule has 1 unspecified atom stereocenters. The molecule has 0 aromatic heterocycles. The van der Waals surface area contributed by atoms with E-state index in [0.29, 0.717) is 23.0 Å². The molecule has 0 N–H and O–H groups in total. The van der Waals surface area contributed by atoms with Crippen molar-refractivity contribution in [1.82, 2.24) is 0 Å². The van der Waals surface area contributed by atoms with Gasteiger partial charge in [-0.2, -0.15) is 0 Å². The summed E-state index contributed by atoms with van der Waals surface area (Å²) in [5.41, 5.74) is 0.592. The van der Waals surface area contributed by atoms with Crippen LogP contribution in [-0.4, -0.2) is 33.7 Å². The van der Waals surface area contributed by atoms with Crippen LogP contribution in [0.4, 0.5) is 5.69 Å². The van der Waals surface area contributed by atoms with Gasteiger partial charge in [0.1, 0.15) is 5.75 Å². The summed E-state index contributed by atoms with van der Waals surface area (Å²) in [5, 5.41) is 0.445. The van der Waals surface area contributed by atoms with Gasteiger partial charge in [0.25, 0.3) is 0 Å². The molecule has 20 heavy (non-hydrogen) atoms. The molecule has 1 aromatic rings. The van der Waals surface area contributed by atoms with Gasteiger partial charge in [-0.15, -0.1) is 0 Å². The molecule has 5 nitrogen and oxygen atoms in total. The van der Waals surface area contributed by atoms with Crippen LogP contribution >= 0.6 is 22.3 Å². The van der Waals surface area contributed by atoms with Crippen molar-refractivity contribution in [1.29, 1.82) is 0 Å². The molecule has 0 radical (unpaired) electrons. The van der Waals surface area contributed by atoms with Crippen LogP contribution in [0.3, 0.4) is 0 Å². The van der Waals surface area contributed by atoms with Gasteiger partial charge < -0.3 is 9.64 Å². The highest BCUT2D eigenvalue weighted by molar-refractivity contribution is 8.13. The SMILES string of the molecule is COc1cc(Cl)cc(N2CC(CS(=O)(=O)Cl)CC2=O)c1. The second-order valence-corrected chi connectivity index (χ2v) is 7.89. The average molecular weight is 338 g/mol. The molecule has 1 aliphatic heterocycles. The summed E-state index contributed by atoms with van der Waals surface area (Å²) >= 11 is 5.96. The first-order valence-corrected chi connectivity index (χ1v) is 8.71. The first-order valence-electron chi connectivity index (χ1n) is 5.86. The number of ether oxygens (including phenoxy) is 1. The molecular formula is C12H13Cl2NO4S. The molecule has 2 rings (SSSR count). The molecule has 0 aliphatic carbocycles. The number of carbonyl (C=O) groups is 1. The number of halogens is 2. The van der Waals surface area contributed by atoms with Crippen molar-refractivity contribution in [2.75, 3.05) is 24.3 Å². The lowest BCUT2D eigenvalue weighted by molar-refractivity contribution is -0.117. The van der Waals surface area contributed by atoms with Crippen molar-refractivity contribution in [3.05, 3.63) is 23.2 Å². The standard InChI is InChI=1S/C12H13Cl2NO4S/c1-19-11-4-9(13)3-10(5-11)15-6-8(2-12(15)16)7-20(14,17)18/h3-5,8H,2,6-7H2,1H3. The van der Waals surface area contributed by atoms with Gasteiger partial charge in [-0.1, -0.05) is 11.6 Å². The summed E-state index contributed by atoms with van der Waals surface area (Å²) in [5.74, 6) is -0.141. The Morgan fingerprint density at radius 1 is 1.40 bits per heavy atom. The van der Waals surface area contributed by atoms with E-state index in [4.69, 9.17) is 27.0 Å². The fourth-order valence-corrected chi connectivity index (χ4v) is 3.79. The second-order valence-electron chi connectivity index (χ2n) is 4.63. The highest BCUT2D eigenvalue weighted by Gasteiger charge is 2.33. The van der Waals surface area contributed by atoms with Crippen LogP contribution in [0.1, 0.15) is 6.42 Å². The van der Waals surface area contributed by atoms with Gasteiger partial charge in [-0.3, -0.25) is 4.79 Å². The molecule has 1 fully saturated rings. The predicted octanol–water partition coefficient (Wildman–Crippen LogP) is 2.27. The molecule has 1 amide bonds. The summed E-state index contributed by atoms with van der Waals surface area (Å²) in [4.78, 5) is 13.5. The third-order valence-corrected chi connectivity index (χ3v) is 4.51. The smallest absolute Gasteiger partial charge is 0.232 e. The lowest BCUT2D eigenvalue weighted by Crippen LogP contribution is -2.25. The minimum absolute atomic E-state index is 0.153. The van der Waals surface area contributed by atoms with Crippen molar-refractivity contribution in [2.24, 2.45) is 5.92 Å². The van der Waals surface area contributed by atoms with Gasteiger partial charge in [-0.25, -0.2) is 8.42 Å². The maximum absolute atomic E-state index is 12.0.